The van der Waals surface area contributed by atoms with Crippen molar-refractivity contribution in [2.45, 2.75) is 26.8 Å². The highest BCUT2D eigenvalue weighted by molar-refractivity contribution is 7.13. The van der Waals surface area contributed by atoms with Crippen molar-refractivity contribution in [2.24, 2.45) is 5.92 Å². The van der Waals surface area contributed by atoms with Crippen LogP contribution in [0.4, 0.5) is 5.13 Å². The van der Waals surface area contributed by atoms with E-state index in [9.17, 15) is 0 Å². The minimum Gasteiger partial charge on any atom is -0.346 e. The fourth-order valence-electron chi connectivity index (χ4n) is 2.70. The number of hydrogen-bond donors (Lipinski definition) is 1. The second kappa shape index (κ2) is 7.22. The molecule has 1 aromatic heterocycles. The molecule has 2 heterocycles. The van der Waals surface area contributed by atoms with Crippen molar-refractivity contribution in [3.63, 3.8) is 0 Å². The molecule has 19 heavy (non-hydrogen) atoms. The summed E-state index contributed by atoms with van der Waals surface area (Å²) in [6.07, 6.45) is 1.90. The quantitative estimate of drug-likeness (QED) is 0.863. The predicted octanol–water partition coefficient (Wildman–Crippen LogP) is 1.90. The van der Waals surface area contributed by atoms with E-state index in [1.54, 1.807) is 11.3 Å². The first-order chi connectivity index (χ1) is 9.22. The van der Waals surface area contributed by atoms with Crippen molar-refractivity contribution in [3.8, 4) is 0 Å². The number of piperazine rings is 1. The molecule has 4 nitrogen and oxygen atoms in total. The SMILES string of the molecule is CCNCC(C(C)C)N1CCN(c2nccs2)CC1. The van der Waals surface area contributed by atoms with Crippen LogP contribution in [-0.4, -0.2) is 55.2 Å². The lowest BCUT2D eigenvalue weighted by Gasteiger charge is -2.41. The molecule has 2 rings (SSSR count). The number of thiazole rings is 1. The third-order valence-corrected chi connectivity index (χ3v) is 4.68. The molecule has 1 atom stereocenters. The standard InChI is InChI=1S/C14H26N4S/c1-4-15-11-13(12(2)3)17-6-8-18(9-7-17)14-16-5-10-19-14/h5,10,12-13,15H,4,6-9,11H2,1-3H3. The summed E-state index contributed by atoms with van der Waals surface area (Å²) in [5.74, 6) is 0.700. The Morgan fingerprint density at radius 1 is 1.32 bits per heavy atom. The monoisotopic (exact) mass is 282 g/mol. The van der Waals surface area contributed by atoms with Crippen LogP contribution in [0.5, 0.6) is 0 Å². The van der Waals surface area contributed by atoms with E-state index in [2.05, 4.69) is 46.3 Å². The van der Waals surface area contributed by atoms with Gasteiger partial charge in [-0.15, -0.1) is 11.3 Å². The molecule has 0 aliphatic carbocycles. The van der Waals surface area contributed by atoms with E-state index in [4.69, 9.17) is 0 Å². The maximum atomic E-state index is 4.41. The lowest BCUT2D eigenvalue weighted by atomic mass is 10.0. The number of rotatable bonds is 6. The maximum absolute atomic E-state index is 4.41. The summed E-state index contributed by atoms with van der Waals surface area (Å²) in [4.78, 5) is 9.45. The Kier molecular flexibility index (Phi) is 5.60. The first kappa shape index (κ1) is 14.8. The van der Waals surface area contributed by atoms with Gasteiger partial charge in [-0.05, 0) is 12.5 Å². The van der Waals surface area contributed by atoms with E-state index in [1.807, 2.05) is 6.20 Å². The lowest BCUT2D eigenvalue weighted by molar-refractivity contribution is 0.144. The van der Waals surface area contributed by atoms with E-state index in [0.29, 0.717) is 12.0 Å². The fourth-order valence-corrected chi connectivity index (χ4v) is 3.39. The smallest absolute Gasteiger partial charge is 0.185 e. The number of nitrogens with zero attached hydrogens (tertiary/aromatic N) is 3. The molecular formula is C14H26N4S. The van der Waals surface area contributed by atoms with Gasteiger partial charge in [-0.25, -0.2) is 4.98 Å². The highest BCUT2D eigenvalue weighted by atomic mass is 32.1. The van der Waals surface area contributed by atoms with E-state index in [0.717, 1.165) is 39.3 Å². The van der Waals surface area contributed by atoms with Crippen molar-refractivity contribution in [3.05, 3.63) is 11.6 Å². The Hall–Kier alpha value is -0.650. The molecule has 0 saturated carbocycles. The number of aromatic nitrogens is 1. The minimum absolute atomic E-state index is 0.651. The molecule has 0 bridgehead atoms. The zero-order valence-corrected chi connectivity index (χ0v) is 13.1. The van der Waals surface area contributed by atoms with Gasteiger partial charge < -0.3 is 10.2 Å². The topological polar surface area (TPSA) is 31.4 Å². The summed E-state index contributed by atoms with van der Waals surface area (Å²) >= 11 is 1.74. The minimum atomic E-state index is 0.651. The van der Waals surface area contributed by atoms with E-state index in [1.165, 1.54) is 5.13 Å². The number of nitrogens with one attached hydrogen (secondary N) is 1. The molecule has 1 N–H and O–H groups in total. The molecule has 0 spiro atoms. The van der Waals surface area contributed by atoms with Gasteiger partial charge in [0.1, 0.15) is 0 Å². The second-order valence-corrected chi connectivity index (χ2v) is 6.33. The molecule has 1 aliphatic heterocycles. The average molecular weight is 282 g/mol. The Bertz CT molecular complexity index is 344. The van der Waals surface area contributed by atoms with Gasteiger partial charge >= 0.3 is 0 Å². The molecule has 0 amide bonds. The summed E-state index contributed by atoms with van der Waals surface area (Å²) in [5.41, 5.74) is 0. The molecule has 1 aliphatic rings. The van der Waals surface area contributed by atoms with Crippen LogP contribution in [0, 0.1) is 5.92 Å². The number of likely N-dealkylation sites (N-methyl/N-ethyl adjacent to an activating group) is 1. The van der Waals surface area contributed by atoms with Gasteiger partial charge in [-0.1, -0.05) is 20.8 Å². The maximum Gasteiger partial charge on any atom is 0.185 e. The highest BCUT2D eigenvalue weighted by Crippen LogP contribution is 2.20. The number of hydrogen-bond acceptors (Lipinski definition) is 5. The van der Waals surface area contributed by atoms with Crippen LogP contribution in [0.2, 0.25) is 0 Å². The fraction of sp³-hybridized carbons (Fsp3) is 0.786. The third-order valence-electron chi connectivity index (χ3n) is 3.85. The van der Waals surface area contributed by atoms with Crippen molar-refractivity contribution in [1.82, 2.24) is 15.2 Å². The summed E-state index contributed by atoms with van der Waals surface area (Å²) in [6, 6.07) is 0.651. The summed E-state index contributed by atoms with van der Waals surface area (Å²) in [7, 11) is 0. The molecule has 5 heteroatoms. The van der Waals surface area contributed by atoms with Crippen molar-refractivity contribution >= 4 is 16.5 Å². The van der Waals surface area contributed by atoms with Crippen LogP contribution in [0.1, 0.15) is 20.8 Å². The first-order valence-electron chi connectivity index (χ1n) is 7.31. The molecule has 1 fully saturated rings. The van der Waals surface area contributed by atoms with Crippen LogP contribution in [0.25, 0.3) is 0 Å². The Labute approximate surface area is 120 Å². The zero-order chi connectivity index (χ0) is 13.7. The average Bonchev–Trinajstić information content (AvgIpc) is 2.93. The largest absolute Gasteiger partial charge is 0.346 e. The molecule has 1 saturated heterocycles. The van der Waals surface area contributed by atoms with Gasteiger partial charge in [-0.2, -0.15) is 0 Å². The number of anilines is 1. The predicted molar refractivity (Wildman–Crippen MR) is 83.1 cm³/mol. The second-order valence-electron chi connectivity index (χ2n) is 5.46. The lowest BCUT2D eigenvalue weighted by Crippen LogP contribution is -2.54. The van der Waals surface area contributed by atoms with Gasteiger partial charge in [0.2, 0.25) is 0 Å². The summed E-state index contributed by atoms with van der Waals surface area (Å²) < 4.78 is 0. The van der Waals surface area contributed by atoms with Crippen LogP contribution in [0.15, 0.2) is 11.6 Å². The molecule has 1 unspecified atom stereocenters. The molecule has 1 aromatic rings. The third kappa shape index (κ3) is 3.91. The van der Waals surface area contributed by atoms with Gasteiger partial charge in [0.25, 0.3) is 0 Å². The van der Waals surface area contributed by atoms with Crippen LogP contribution in [0.3, 0.4) is 0 Å². The van der Waals surface area contributed by atoms with E-state index >= 15 is 0 Å². The van der Waals surface area contributed by atoms with Gasteiger partial charge in [-0.3, -0.25) is 4.90 Å². The zero-order valence-electron chi connectivity index (χ0n) is 12.3. The summed E-state index contributed by atoms with van der Waals surface area (Å²) in [6.45, 7) is 13.5. The van der Waals surface area contributed by atoms with Crippen molar-refractivity contribution < 1.29 is 0 Å². The highest BCUT2D eigenvalue weighted by Gasteiger charge is 2.26. The molecule has 0 radical (unpaired) electrons. The van der Waals surface area contributed by atoms with Gasteiger partial charge in [0, 0.05) is 50.3 Å². The van der Waals surface area contributed by atoms with Gasteiger partial charge in [0.05, 0.1) is 0 Å². The van der Waals surface area contributed by atoms with Gasteiger partial charge in [0.15, 0.2) is 5.13 Å². The van der Waals surface area contributed by atoms with Crippen LogP contribution >= 0.6 is 11.3 Å². The Morgan fingerprint density at radius 2 is 2.05 bits per heavy atom. The Balaban J connectivity index is 1.86. The molecule has 0 aromatic carbocycles. The van der Waals surface area contributed by atoms with Crippen LogP contribution < -0.4 is 10.2 Å². The normalized spacial score (nSPS) is 19.1. The first-order valence-corrected chi connectivity index (χ1v) is 8.19. The summed E-state index contributed by atoms with van der Waals surface area (Å²) in [5, 5.41) is 6.73. The van der Waals surface area contributed by atoms with E-state index in [-0.39, 0.29) is 0 Å². The van der Waals surface area contributed by atoms with Crippen molar-refractivity contribution in [1.29, 1.82) is 0 Å². The molecule has 108 valence electrons. The van der Waals surface area contributed by atoms with Crippen LogP contribution in [-0.2, 0) is 0 Å². The van der Waals surface area contributed by atoms with Crippen molar-refractivity contribution in [2.75, 3.05) is 44.2 Å². The molecular weight excluding hydrogens is 256 g/mol. The Morgan fingerprint density at radius 3 is 2.58 bits per heavy atom. The van der Waals surface area contributed by atoms with E-state index < -0.39 is 0 Å².